The minimum Gasteiger partial charge on any atom is -0.365 e. The zero-order valence-corrected chi connectivity index (χ0v) is 13.3. The summed E-state index contributed by atoms with van der Waals surface area (Å²) in [6.45, 7) is 6.09. The number of fused-ring (bicyclic) bond motifs is 1. The lowest BCUT2D eigenvalue weighted by molar-refractivity contribution is -0.133. The van der Waals surface area contributed by atoms with Gasteiger partial charge in [0.1, 0.15) is 5.60 Å². The fourth-order valence-corrected chi connectivity index (χ4v) is 3.41. The molecule has 1 aromatic carbocycles. The van der Waals surface area contributed by atoms with E-state index in [2.05, 4.69) is 5.32 Å². The van der Waals surface area contributed by atoms with Gasteiger partial charge in [0, 0.05) is 30.9 Å². The van der Waals surface area contributed by atoms with Gasteiger partial charge >= 0.3 is 0 Å². The second-order valence-electron chi connectivity index (χ2n) is 6.42. The first kappa shape index (κ1) is 15.0. The summed E-state index contributed by atoms with van der Waals surface area (Å²) >= 11 is 0. The number of carbonyl (C=O) groups excluding carboxylic acids is 2. The third-order valence-corrected chi connectivity index (χ3v) is 4.59. The van der Waals surface area contributed by atoms with Crippen LogP contribution in [0.3, 0.4) is 0 Å². The highest BCUT2D eigenvalue weighted by atomic mass is 16.5. The van der Waals surface area contributed by atoms with E-state index in [1.54, 1.807) is 6.92 Å². The second-order valence-corrected chi connectivity index (χ2v) is 6.42. The summed E-state index contributed by atoms with van der Waals surface area (Å²) in [6.07, 6.45) is 2.48. The monoisotopic (exact) mass is 302 g/mol. The molecule has 2 heterocycles. The van der Waals surface area contributed by atoms with Crippen LogP contribution in [0.25, 0.3) is 0 Å². The molecule has 2 atom stereocenters. The van der Waals surface area contributed by atoms with Crippen LogP contribution in [-0.4, -0.2) is 30.1 Å². The Morgan fingerprint density at radius 3 is 2.82 bits per heavy atom. The molecular formula is C17H22N2O3. The predicted molar refractivity (Wildman–Crippen MR) is 85.0 cm³/mol. The van der Waals surface area contributed by atoms with E-state index in [4.69, 9.17) is 4.74 Å². The minimum atomic E-state index is -0.724. The quantitative estimate of drug-likeness (QED) is 0.913. The highest BCUT2D eigenvalue weighted by Gasteiger charge is 2.38. The Bertz CT molecular complexity index is 620. The van der Waals surface area contributed by atoms with E-state index >= 15 is 0 Å². The van der Waals surface area contributed by atoms with Crippen LogP contribution in [0.15, 0.2) is 18.2 Å². The summed E-state index contributed by atoms with van der Waals surface area (Å²) in [5.74, 6) is -0.0469. The van der Waals surface area contributed by atoms with Crippen molar-refractivity contribution in [3.8, 4) is 0 Å². The number of benzene rings is 1. The molecule has 2 amide bonds. The van der Waals surface area contributed by atoms with E-state index in [9.17, 15) is 9.59 Å². The molecule has 22 heavy (non-hydrogen) atoms. The highest BCUT2D eigenvalue weighted by Crippen LogP contribution is 2.34. The van der Waals surface area contributed by atoms with Gasteiger partial charge in [-0.25, -0.2) is 0 Å². The summed E-state index contributed by atoms with van der Waals surface area (Å²) in [5, 5.41) is 2.95. The molecule has 5 heteroatoms. The molecule has 0 radical (unpaired) electrons. The van der Waals surface area contributed by atoms with Gasteiger partial charge in [-0.05, 0) is 56.9 Å². The average Bonchev–Trinajstić information content (AvgIpc) is 3.02. The Kier molecular flexibility index (Phi) is 3.68. The Balaban J connectivity index is 1.79. The maximum absolute atomic E-state index is 12.4. The molecule has 2 aliphatic heterocycles. The number of nitrogens with zero attached hydrogens (tertiary/aromatic N) is 1. The van der Waals surface area contributed by atoms with Crippen LogP contribution in [-0.2, 0) is 20.7 Å². The third kappa shape index (κ3) is 2.50. The van der Waals surface area contributed by atoms with Crippen LogP contribution in [0.4, 0.5) is 11.4 Å². The summed E-state index contributed by atoms with van der Waals surface area (Å²) in [7, 11) is 0. The highest BCUT2D eigenvalue weighted by molar-refractivity contribution is 5.98. The fourth-order valence-electron chi connectivity index (χ4n) is 3.41. The van der Waals surface area contributed by atoms with E-state index < -0.39 is 5.60 Å². The zero-order valence-electron chi connectivity index (χ0n) is 13.3. The molecule has 1 fully saturated rings. The van der Waals surface area contributed by atoms with Crippen molar-refractivity contribution in [3.05, 3.63) is 23.8 Å². The van der Waals surface area contributed by atoms with E-state index in [1.807, 2.05) is 36.9 Å². The number of hydrogen-bond donors (Lipinski definition) is 1. The third-order valence-electron chi connectivity index (χ3n) is 4.59. The first-order valence-corrected chi connectivity index (χ1v) is 7.79. The van der Waals surface area contributed by atoms with Crippen molar-refractivity contribution >= 4 is 23.2 Å². The van der Waals surface area contributed by atoms with Crippen LogP contribution < -0.4 is 10.2 Å². The van der Waals surface area contributed by atoms with Gasteiger partial charge in [-0.2, -0.15) is 0 Å². The first-order chi connectivity index (χ1) is 10.4. The average molecular weight is 302 g/mol. The molecule has 1 aromatic rings. The zero-order chi connectivity index (χ0) is 15.9. The van der Waals surface area contributed by atoms with Gasteiger partial charge in [-0.3, -0.25) is 9.59 Å². The van der Waals surface area contributed by atoms with Gasteiger partial charge in [0.05, 0.1) is 0 Å². The molecule has 0 spiro atoms. The molecule has 2 unspecified atom stereocenters. The van der Waals surface area contributed by atoms with E-state index in [1.165, 1.54) is 0 Å². The largest absolute Gasteiger partial charge is 0.365 e. The predicted octanol–water partition coefficient (Wildman–Crippen LogP) is 2.49. The molecule has 1 N–H and O–H groups in total. The van der Waals surface area contributed by atoms with Crippen molar-refractivity contribution in [2.75, 3.05) is 16.8 Å². The van der Waals surface area contributed by atoms with Gasteiger partial charge in [-0.15, -0.1) is 0 Å². The second kappa shape index (κ2) is 5.39. The van der Waals surface area contributed by atoms with Crippen molar-refractivity contribution in [2.45, 2.75) is 51.7 Å². The smallest absolute Gasteiger partial charge is 0.256 e. The summed E-state index contributed by atoms with van der Waals surface area (Å²) in [4.78, 5) is 25.9. The number of hydrogen-bond acceptors (Lipinski definition) is 3. The van der Waals surface area contributed by atoms with Crippen LogP contribution in [0.2, 0.25) is 0 Å². The SMILES string of the molecule is CC(=O)N1c2ccc(NC(=O)C3(C)CCCO3)cc2CC1C. The molecule has 5 nitrogen and oxygen atoms in total. The fraction of sp³-hybridized carbons (Fsp3) is 0.529. The van der Waals surface area contributed by atoms with Gasteiger partial charge < -0.3 is 15.0 Å². The molecule has 0 saturated carbocycles. The van der Waals surface area contributed by atoms with Crippen LogP contribution >= 0.6 is 0 Å². The maximum atomic E-state index is 12.4. The van der Waals surface area contributed by atoms with Crippen LogP contribution in [0, 0.1) is 0 Å². The number of carbonyl (C=O) groups is 2. The Labute approximate surface area is 130 Å². The Morgan fingerprint density at radius 2 is 2.18 bits per heavy atom. The minimum absolute atomic E-state index is 0.0508. The molecule has 118 valence electrons. The summed E-state index contributed by atoms with van der Waals surface area (Å²) in [6, 6.07) is 5.89. The summed E-state index contributed by atoms with van der Waals surface area (Å²) in [5.41, 5.74) is 2.08. The summed E-state index contributed by atoms with van der Waals surface area (Å²) < 4.78 is 5.57. The molecule has 0 aliphatic carbocycles. The molecule has 2 aliphatic rings. The topological polar surface area (TPSA) is 58.6 Å². The van der Waals surface area contributed by atoms with Crippen molar-refractivity contribution in [3.63, 3.8) is 0 Å². The van der Waals surface area contributed by atoms with Gasteiger partial charge in [0.2, 0.25) is 5.91 Å². The number of nitrogens with one attached hydrogen (secondary N) is 1. The first-order valence-electron chi connectivity index (χ1n) is 7.79. The molecule has 0 aromatic heterocycles. The standard InChI is InChI=1S/C17H22N2O3/c1-11-9-13-10-14(5-6-15(13)19(11)12(2)20)18-16(21)17(3)7-4-8-22-17/h5-6,10-11H,4,7-9H2,1-3H3,(H,18,21). The van der Waals surface area contributed by atoms with Crippen molar-refractivity contribution in [2.24, 2.45) is 0 Å². The van der Waals surface area contributed by atoms with Gasteiger partial charge in [0.15, 0.2) is 0 Å². The van der Waals surface area contributed by atoms with E-state index in [0.29, 0.717) is 6.61 Å². The van der Waals surface area contributed by atoms with Crippen LogP contribution in [0.5, 0.6) is 0 Å². The lowest BCUT2D eigenvalue weighted by Gasteiger charge is -2.22. The van der Waals surface area contributed by atoms with E-state index in [0.717, 1.165) is 36.2 Å². The number of ether oxygens (including phenoxy) is 1. The number of anilines is 2. The number of rotatable bonds is 2. The van der Waals surface area contributed by atoms with Crippen molar-refractivity contribution < 1.29 is 14.3 Å². The molecular weight excluding hydrogens is 280 g/mol. The Morgan fingerprint density at radius 1 is 1.41 bits per heavy atom. The molecule has 3 rings (SSSR count). The Hall–Kier alpha value is -1.88. The molecule has 1 saturated heterocycles. The normalized spacial score (nSPS) is 26.9. The van der Waals surface area contributed by atoms with Crippen molar-refractivity contribution in [1.29, 1.82) is 0 Å². The van der Waals surface area contributed by atoms with Gasteiger partial charge in [-0.1, -0.05) is 0 Å². The van der Waals surface area contributed by atoms with Crippen molar-refractivity contribution in [1.82, 2.24) is 0 Å². The van der Waals surface area contributed by atoms with Gasteiger partial charge in [0.25, 0.3) is 5.91 Å². The van der Waals surface area contributed by atoms with E-state index in [-0.39, 0.29) is 17.9 Å². The lowest BCUT2D eigenvalue weighted by atomic mass is 10.0. The molecule has 0 bridgehead atoms. The lowest BCUT2D eigenvalue weighted by Crippen LogP contribution is -2.39. The van der Waals surface area contributed by atoms with Crippen LogP contribution in [0.1, 0.15) is 39.2 Å². The number of amides is 2. The maximum Gasteiger partial charge on any atom is 0.256 e.